The summed E-state index contributed by atoms with van der Waals surface area (Å²) in [7, 11) is 1.49. The highest BCUT2D eigenvalue weighted by Gasteiger charge is 2.16. The van der Waals surface area contributed by atoms with E-state index in [2.05, 4.69) is 9.98 Å². The van der Waals surface area contributed by atoms with Crippen LogP contribution in [0.25, 0.3) is 22.3 Å². The summed E-state index contributed by atoms with van der Waals surface area (Å²) in [4.78, 5) is 29.1. The second kappa shape index (κ2) is 10.8. The summed E-state index contributed by atoms with van der Waals surface area (Å²) in [5.74, 6) is 0.894. The van der Waals surface area contributed by atoms with Crippen molar-refractivity contribution in [3.05, 3.63) is 82.7 Å². The molecular formula is C27H27FN6O3. The molecule has 2 aromatic heterocycles. The molecule has 3 heterocycles. The van der Waals surface area contributed by atoms with E-state index in [1.807, 2.05) is 11.0 Å². The van der Waals surface area contributed by atoms with E-state index in [0.717, 1.165) is 0 Å². The number of morpholine rings is 1. The Kier molecular flexibility index (Phi) is 7.09. The van der Waals surface area contributed by atoms with Crippen molar-refractivity contribution in [3.8, 4) is 17.1 Å². The third-order valence-electron chi connectivity index (χ3n) is 6.30. The van der Waals surface area contributed by atoms with E-state index in [-0.39, 0.29) is 17.9 Å². The lowest BCUT2D eigenvalue weighted by Gasteiger charge is -2.27. The van der Waals surface area contributed by atoms with Crippen LogP contribution in [0.5, 0.6) is 5.75 Å². The summed E-state index contributed by atoms with van der Waals surface area (Å²) >= 11 is 0. The Morgan fingerprint density at radius 1 is 1.19 bits per heavy atom. The van der Waals surface area contributed by atoms with Gasteiger partial charge in [-0.05, 0) is 48.4 Å². The first-order valence-corrected chi connectivity index (χ1v) is 12.0. The van der Waals surface area contributed by atoms with Gasteiger partial charge >= 0.3 is 0 Å². The zero-order chi connectivity index (χ0) is 25.8. The molecule has 1 aliphatic rings. The van der Waals surface area contributed by atoms with Crippen LogP contribution < -0.4 is 16.0 Å². The molecule has 0 aliphatic carbocycles. The highest BCUT2D eigenvalue weighted by molar-refractivity contribution is 5.86. The Morgan fingerprint density at radius 2 is 2.03 bits per heavy atom. The normalized spacial score (nSPS) is 14.2. The number of aryl methyl sites for hydroxylation is 1. The summed E-state index contributed by atoms with van der Waals surface area (Å²) in [5, 5.41) is 0.437. The predicted octanol–water partition coefficient (Wildman–Crippen LogP) is 3.13. The molecule has 0 bridgehead atoms. The van der Waals surface area contributed by atoms with Crippen LogP contribution in [0.15, 0.2) is 70.7 Å². The van der Waals surface area contributed by atoms with E-state index in [0.29, 0.717) is 78.0 Å². The average molecular weight is 503 g/mol. The fourth-order valence-corrected chi connectivity index (χ4v) is 4.29. The first-order chi connectivity index (χ1) is 18.0. The Labute approximate surface area is 213 Å². The largest absolute Gasteiger partial charge is 0.497 e. The lowest BCUT2D eigenvalue weighted by Crippen LogP contribution is -2.44. The number of aliphatic imine (C=N–C) groups is 1. The number of ether oxygens (including phenoxy) is 2. The summed E-state index contributed by atoms with van der Waals surface area (Å²) in [6.07, 6.45) is 3.60. The number of fused-ring (bicyclic) bond motifs is 1. The smallest absolute Gasteiger partial charge is 0.261 e. The van der Waals surface area contributed by atoms with Crippen molar-refractivity contribution in [1.82, 2.24) is 19.4 Å². The van der Waals surface area contributed by atoms with Crippen LogP contribution in [0, 0.1) is 5.82 Å². The summed E-state index contributed by atoms with van der Waals surface area (Å²) in [6.45, 7) is 2.78. The summed E-state index contributed by atoms with van der Waals surface area (Å²) in [5.41, 5.74) is 8.23. The van der Waals surface area contributed by atoms with Crippen molar-refractivity contribution < 1.29 is 13.9 Å². The third kappa shape index (κ3) is 5.29. The van der Waals surface area contributed by atoms with Gasteiger partial charge in [-0.15, -0.1) is 0 Å². The Balaban J connectivity index is 1.53. The average Bonchev–Trinajstić information content (AvgIpc) is 2.93. The third-order valence-corrected chi connectivity index (χ3v) is 6.30. The van der Waals surface area contributed by atoms with Crippen LogP contribution in [0.3, 0.4) is 0 Å². The van der Waals surface area contributed by atoms with Crippen molar-refractivity contribution in [3.63, 3.8) is 0 Å². The molecule has 0 unspecified atom stereocenters. The number of nitrogens with two attached hydrogens (primary N) is 1. The molecule has 0 radical (unpaired) electrons. The number of guanidine groups is 1. The predicted molar refractivity (Wildman–Crippen MR) is 140 cm³/mol. The zero-order valence-corrected chi connectivity index (χ0v) is 20.4. The van der Waals surface area contributed by atoms with Crippen LogP contribution in [0.4, 0.5) is 10.1 Å². The molecule has 0 atom stereocenters. The SMILES string of the molecule is COc1ccc(CCn2c(-c3cccnc3)nc3cc(N=C(N)N4CCOCC4)ccc3c2=O)c(F)c1. The lowest BCUT2D eigenvalue weighted by atomic mass is 10.1. The molecule has 9 nitrogen and oxygen atoms in total. The quantitative estimate of drug-likeness (QED) is 0.319. The summed E-state index contributed by atoms with van der Waals surface area (Å²) < 4.78 is 26.6. The van der Waals surface area contributed by atoms with Gasteiger partial charge in [0.2, 0.25) is 0 Å². The van der Waals surface area contributed by atoms with Crippen LogP contribution in [-0.4, -0.2) is 58.8 Å². The number of hydrogen-bond donors (Lipinski definition) is 1. The maximum Gasteiger partial charge on any atom is 0.261 e. The fraction of sp³-hybridized carbons (Fsp3) is 0.259. The van der Waals surface area contributed by atoms with Crippen molar-refractivity contribution in [1.29, 1.82) is 0 Å². The van der Waals surface area contributed by atoms with Crippen molar-refractivity contribution in [2.75, 3.05) is 33.4 Å². The number of methoxy groups -OCH3 is 1. The molecule has 10 heteroatoms. The van der Waals surface area contributed by atoms with E-state index in [4.69, 9.17) is 20.2 Å². The number of rotatable bonds is 6. The standard InChI is InChI=1S/C27H27FN6O3/c1-36-21-6-4-18(23(28)16-21)8-10-34-25(19-3-2-9-30-17-19)32-24-15-20(5-7-22(24)26(34)35)31-27(29)33-11-13-37-14-12-33/h2-7,9,15-17H,8,10-14H2,1H3,(H2,29,31). The Bertz CT molecular complexity index is 1500. The van der Waals surface area contributed by atoms with Gasteiger partial charge in [0, 0.05) is 43.7 Å². The van der Waals surface area contributed by atoms with Crippen LogP contribution in [-0.2, 0) is 17.7 Å². The maximum absolute atomic E-state index is 14.6. The highest BCUT2D eigenvalue weighted by Crippen LogP contribution is 2.23. The molecule has 4 aromatic rings. The van der Waals surface area contributed by atoms with Crippen molar-refractivity contribution in [2.24, 2.45) is 10.7 Å². The minimum atomic E-state index is -0.385. The molecule has 1 fully saturated rings. The van der Waals surface area contributed by atoms with Gasteiger partial charge in [0.25, 0.3) is 5.56 Å². The summed E-state index contributed by atoms with van der Waals surface area (Å²) in [6, 6.07) is 13.5. The van der Waals surface area contributed by atoms with Crippen LogP contribution >= 0.6 is 0 Å². The van der Waals surface area contributed by atoms with E-state index >= 15 is 0 Å². The van der Waals surface area contributed by atoms with E-state index < -0.39 is 0 Å². The van der Waals surface area contributed by atoms with Gasteiger partial charge in [-0.25, -0.2) is 14.4 Å². The molecule has 1 saturated heterocycles. The van der Waals surface area contributed by atoms with Gasteiger partial charge in [-0.3, -0.25) is 14.3 Å². The number of halogens is 1. The van der Waals surface area contributed by atoms with Gasteiger partial charge < -0.3 is 20.1 Å². The number of aromatic nitrogens is 3. The molecule has 0 amide bonds. The van der Waals surface area contributed by atoms with E-state index in [1.54, 1.807) is 53.4 Å². The highest BCUT2D eigenvalue weighted by atomic mass is 19.1. The monoisotopic (exact) mass is 502 g/mol. The first-order valence-electron chi connectivity index (χ1n) is 12.0. The molecule has 0 saturated carbocycles. The van der Waals surface area contributed by atoms with Gasteiger partial charge in [0.1, 0.15) is 17.4 Å². The number of pyridine rings is 1. The molecule has 190 valence electrons. The topological polar surface area (TPSA) is 108 Å². The minimum Gasteiger partial charge on any atom is -0.497 e. The van der Waals surface area contributed by atoms with Crippen molar-refractivity contribution >= 4 is 22.5 Å². The minimum absolute atomic E-state index is 0.227. The zero-order valence-electron chi connectivity index (χ0n) is 20.4. The first kappa shape index (κ1) is 24.4. The van der Waals surface area contributed by atoms with E-state index in [9.17, 15) is 9.18 Å². The van der Waals surface area contributed by atoms with Gasteiger partial charge in [-0.1, -0.05) is 6.07 Å². The van der Waals surface area contributed by atoms with Crippen molar-refractivity contribution in [2.45, 2.75) is 13.0 Å². The molecule has 0 spiro atoms. The molecule has 1 aliphatic heterocycles. The second-order valence-corrected chi connectivity index (χ2v) is 8.61. The maximum atomic E-state index is 14.6. The lowest BCUT2D eigenvalue weighted by molar-refractivity contribution is 0.0675. The number of hydrogen-bond acceptors (Lipinski definition) is 6. The van der Waals surface area contributed by atoms with Gasteiger partial charge in [-0.2, -0.15) is 0 Å². The molecule has 37 heavy (non-hydrogen) atoms. The Morgan fingerprint density at radius 3 is 2.76 bits per heavy atom. The second-order valence-electron chi connectivity index (χ2n) is 8.61. The van der Waals surface area contributed by atoms with Crippen LogP contribution in [0.2, 0.25) is 0 Å². The van der Waals surface area contributed by atoms with Gasteiger partial charge in [0.05, 0.1) is 36.9 Å². The molecule has 2 N–H and O–H groups in total. The van der Waals surface area contributed by atoms with E-state index in [1.165, 1.54) is 13.2 Å². The molecule has 5 rings (SSSR count). The number of benzene rings is 2. The number of nitrogens with zero attached hydrogens (tertiary/aromatic N) is 5. The Hall–Kier alpha value is -4.31. The van der Waals surface area contributed by atoms with Gasteiger partial charge in [0.15, 0.2) is 5.96 Å². The molecular weight excluding hydrogens is 475 g/mol. The van der Waals surface area contributed by atoms with Crippen LogP contribution in [0.1, 0.15) is 5.56 Å². The molecule has 2 aromatic carbocycles. The fourth-order valence-electron chi connectivity index (χ4n) is 4.29.